The summed E-state index contributed by atoms with van der Waals surface area (Å²) in [6.07, 6.45) is 1.18. The average molecular weight is 215 g/mol. The van der Waals surface area contributed by atoms with Crippen molar-refractivity contribution in [1.82, 2.24) is 5.32 Å². The molecule has 0 unspecified atom stereocenters. The Balaban J connectivity index is 2.65. The fourth-order valence-corrected chi connectivity index (χ4v) is 1.42. The number of nitrogens with one attached hydrogen (secondary N) is 1. The maximum absolute atomic E-state index is 13.6. The molecule has 0 saturated carbocycles. The van der Waals surface area contributed by atoms with Gasteiger partial charge in [-0.25, -0.2) is 4.79 Å². The van der Waals surface area contributed by atoms with E-state index in [4.69, 9.17) is 4.74 Å². The van der Waals surface area contributed by atoms with Crippen molar-refractivity contribution >= 4 is 5.97 Å². The second-order valence-electron chi connectivity index (χ2n) is 4.67. The molecule has 1 aliphatic heterocycles. The molecule has 0 radical (unpaired) electrons. The topological polar surface area (TPSA) is 38.3 Å². The summed E-state index contributed by atoms with van der Waals surface area (Å²) in [6, 6.07) is 0. The molecule has 0 aliphatic carbocycles. The lowest BCUT2D eigenvalue weighted by molar-refractivity contribution is -0.151. The molecular formula is C11H18FNO2. The summed E-state index contributed by atoms with van der Waals surface area (Å²) >= 11 is 0. The largest absolute Gasteiger partial charge is 0.455 e. The molecule has 1 fully saturated rings. The lowest BCUT2D eigenvalue weighted by Crippen LogP contribution is -2.27. The van der Waals surface area contributed by atoms with E-state index >= 15 is 0 Å². The van der Waals surface area contributed by atoms with E-state index in [1.807, 2.05) is 0 Å². The standard InChI is InChI=1S/C11H18FNO2/c1-11(2,3)15-10(14)9(12)8-4-6-13-7-5-8/h13H,4-7H2,1-3H3. The Morgan fingerprint density at radius 3 is 2.33 bits per heavy atom. The summed E-state index contributed by atoms with van der Waals surface area (Å²) in [5.41, 5.74) is -0.0648. The lowest BCUT2D eigenvalue weighted by Gasteiger charge is -2.21. The third kappa shape index (κ3) is 4.00. The first-order valence-electron chi connectivity index (χ1n) is 5.22. The maximum Gasteiger partial charge on any atom is 0.367 e. The van der Waals surface area contributed by atoms with Crippen LogP contribution in [0, 0.1) is 0 Å². The molecule has 0 aromatic heterocycles. The summed E-state index contributed by atoms with van der Waals surface area (Å²) in [7, 11) is 0. The van der Waals surface area contributed by atoms with Gasteiger partial charge in [0.1, 0.15) is 5.60 Å². The SMILES string of the molecule is CC(C)(C)OC(=O)C(F)=C1CCNCC1. The van der Waals surface area contributed by atoms with Gasteiger partial charge in [-0.15, -0.1) is 0 Å². The number of carbonyl (C=O) groups is 1. The van der Waals surface area contributed by atoms with Gasteiger partial charge in [0.25, 0.3) is 0 Å². The van der Waals surface area contributed by atoms with Gasteiger partial charge < -0.3 is 10.1 Å². The fourth-order valence-electron chi connectivity index (χ4n) is 1.42. The number of piperidine rings is 1. The minimum atomic E-state index is -0.834. The number of esters is 1. The van der Waals surface area contributed by atoms with Crippen LogP contribution >= 0.6 is 0 Å². The Morgan fingerprint density at radius 1 is 1.33 bits per heavy atom. The van der Waals surface area contributed by atoms with Gasteiger partial charge in [-0.1, -0.05) is 0 Å². The van der Waals surface area contributed by atoms with Crippen molar-refractivity contribution in [2.45, 2.75) is 39.2 Å². The van der Waals surface area contributed by atoms with Crippen molar-refractivity contribution < 1.29 is 13.9 Å². The Morgan fingerprint density at radius 2 is 1.87 bits per heavy atom. The second kappa shape index (κ2) is 4.75. The molecule has 15 heavy (non-hydrogen) atoms. The van der Waals surface area contributed by atoms with Crippen LogP contribution in [0.3, 0.4) is 0 Å². The molecule has 0 bridgehead atoms. The molecule has 1 N–H and O–H groups in total. The van der Waals surface area contributed by atoms with E-state index in [1.54, 1.807) is 20.8 Å². The summed E-state index contributed by atoms with van der Waals surface area (Å²) in [5.74, 6) is -1.54. The Bertz CT molecular complexity index is 271. The van der Waals surface area contributed by atoms with E-state index in [2.05, 4.69) is 5.32 Å². The first-order chi connectivity index (χ1) is 6.90. The zero-order valence-electron chi connectivity index (χ0n) is 9.52. The first kappa shape index (κ1) is 12.2. The van der Waals surface area contributed by atoms with E-state index in [1.165, 1.54) is 0 Å². The minimum Gasteiger partial charge on any atom is -0.455 e. The number of halogens is 1. The first-order valence-corrected chi connectivity index (χ1v) is 5.22. The van der Waals surface area contributed by atoms with Gasteiger partial charge in [-0.2, -0.15) is 4.39 Å². The van der Waals surface area contributed by atoms with Gasteiger partial charge >= 0.3 is 5.97 Å². The highest BCUT2D eigenvalue weighted by atomic mass is 19.1. The van der Waals surface area contributed by atoms with Crippen LogP contribution in [0.2, 0.25) is 0 Å². The van der Waals surface area contributed by atoms with Crippen LogP contribution < -0.4 is 5.32 Å². The highest BCUT2D eigenvalue weighted by Crippen LogP contribution is 2.20. The van der Waals surface area contributed by atoms with Gasteiger partial charge in [0.05, 0.1) is 0 Å². The highest BCUT2D eigenvalue weighted by molar-refractivity contribution is 5.87. The second-order valence-corrected chi connectivity index (χ2v) is 4.67. The zero-order chi connectivity index (χ0) is 11.5. The summed E-state index contributed by atoms with van der Waals surface area (Å²) in [4.78, 5) is 11.4. The van der Waals surface area contributed by atoms with Crippen molar-refractivity contribution in [2.24, 2.45) is 0 Å². The Kier molecular flexibility index (Phi) is 3.85. The van der Waals surface area contributed by atoms with Crippen LogP contribution in [-0.4, -0.2) is 24.7 Å². The van der Waals surface area contributed by atoms with Gasteiger partial charge in [-0.3, -0.25) is 0 Å². The van der Waals surface area contributed by atoms with Crippen molar-refractivity contribution in [2.75, 3.05) is 13.1 Å². The molecular weight excluding hydrogens is 197 g/mol. The third-order valence-corrected chi connectivity index (χ3v) is 2.10. The maximum atomic E-state index is 13.6. The molecule has 0 aromatic carbocycles. The molecule has 1 heterocycles. The number of rotatable bonds is 1. The van der Waals surface area contributed by atoms with Gasteiger partial charge in [0, 0.05) is 0 Å². The average Bonchev–Trinajstić information content (AvgIpc) is 2.15. The monoisotopic (exact) mass is 215 g/mol. The van der Waals surface area contributed by atoms with Crippen molar-refractivity contribution in [1.29, 1.82) is 0 Å². The van der Waals surface area contributed by atoms with E-state index < -0.39 is 17.4 Å². The fraction of sp³-hybridized carbons (Fsp3) is 0.727. The molecule has 3 nitrogen and oxygen atoms in total. The van der Waals surface area contributed by atoms with E-state index in [0.717, 1.165) is 13.1 Å². The molecule has 86 valence electrons. The van der Waals surface area contributed by atoms with E-state index in [-0.39, 0.29) is 0 Å². The van der Waals surface area contributed by atoms with Crippen molar-refractivity contribution in [3.63, 3.8) is 0 Å². The molecule has 1 aliphatic rings. The smallest absolute Gasteiger partial charge is 0.367 e. The van der Waals surface area contributed by atoms with Gasteiger partial charge in [0.15, 0.2) is 0 Å². The predicted molar refractivity (Wildman–Crippen MR) is 56.1 cm³/mol. The minimum absolute atomic E-state index is 0.572. The van der Waals surface area contributed by atoms with Gasteiger partial charge in [0.2, 0.25) is 5.83 Å². The van der Waals surface area contributed by atoms with Crippen LogP contribution in [0.5, 0.6) is 0 Å². The van der Waals surface area contributed by atoms with Crippen LogP contribution in [0.25, 0.3) is 0 Å². The molecule has 1 saturated heterocycles. The lowest BCUT2D eigenvalue weighted by atomic mass is 10.0. The predicted octanol–water partition coefficient (Wildman–Crippen LogP) is 1.94. The van der Waals surface area contributed by atoms with Crippen LogP contribution in [0.15, 0.2) is 11.4 Å². The quantitative estimate of drug-likeness (QED) is 0.536. The van der Waals surface area contributed by atoms with Gasteiger partial charge in [-0.05, 0) is 52.3 Å². The number of ether oxygens (including phenoxy) is 1. The Labute approximate surface area is 89.7 Å². The molecule has 1 rings (SSSR count). The summed E-state index contributed by atoms with van der Waals surface area (Å²) < 4.78 is 18.6. The molecule has 4 heteroatoms. The van der Waals surface area contributed by atoms with E-state index in [9.17, 15) is 9.18 Å². The zero-order valence-corrected chi connectivity index (χ0v) is 9.52. The third-order valence-electron chi connectivity index (χ3n) is 2.10. The molecule has 0 amide bonds. The number of hydrogen-bond donors (Lipinski definition) is 1. The summed E-state index contributed by atoms with van der Waals surface area (Å²) in [5, 5.41) is 3.10. The van der Waals surface area contributed by atoms with Crippen molar-refractivity contribution in [3.8, 4) is 0 Å². The molecule has 0 spiro atoms. The summed E-state index contributed by atoms with van der Waals surface area (Å²) in [6.45, 7) is 6.64. The normalized spacial score (nSPS) is 17.5. The van der Waals surface area contributed by atoms with Crippen LogP contribution in [0.4, 0.5) is 4.39 Å². The number of carbonyl (C=O) groups excluding carboxylic acids is 1. The van der Waals surface area contributed by atoms with E-state index in [0.29, 0.717) is 18.4 Å². The van der Waals surface area contributed by atoms with Crippen LogP contribution in [-0.2, 0) is 9.53 Å². The molecule has 0 aromatic rings. The molecule has 0 atom stereocenters. The van der Waals surface area contributed by atoms with Crippen molar-refractivity contribution in [3.05, 3.63) is 11.4 Å². The number of hydrogen-bond acceptors (Lipinski definition) is 3. The highest BCUT2D eigenvalue weighted by Gasteiger charge is 2.23. The van der Waals surface area contributed by atoms with Crippen LogP contribution in [0.1, 0.15) is 33.6 Å². The Hall–Kier alpha value is -0.900.